The lowest BCUT2D eigenvalue weighted by Crippen LogP contribution is -2.35. The molecular formula is C14H22N2O2S. The van der Waals surface area contributed by atoms with E-state index in [1.807, 2.05) is 32.2 Å². The summed E-state index contributed by atoms with van der Waals surface area (Å²) in [6.07, 6.45) is -0.0262. The summed E-state index contributed by atoms with van der Waals surface area (Å²) >= 11 is 1.39. The van der Waals surface area contributed by atoms with Gasteiger partial charge in [0.25, 0.3) is 11.9 Å². The van der Waals surface area contributed by atoms with Crippen molar-refractivity contribution < 1.29 is 9.53 Å². The third-order valence-electron chi connectivity index (χ3n) is 2.60. The first-order valence-corrected chi connectivity index (χ1v) is 7.37. The summed E-state index contributed by atoms with van der Waals surface area (Å²) in [5.74, 6) is 0.217. The molecule has 1 aromatic rings. The number of hydrogen-bond donors (Lipinski definition) is 1. The molecule has 106 valence electrons. The number of amidine groups is 1. The summed E-state index contributed by atoms with van der Waals surface area (Å²) in [5, 5.41) is 4.60. The van der Waals surface area contributed by atoms with Gasteiger partial charge in [0.05, 0.1) is 17.0 Å². The second kappa shape index (κ2) is 7.28. The van der Waals surface area contributed by atoms with Crippen molar-refractivity contribution in [3.05, 3.63) is 22.4 Å². The van der Waals surface area contributed by atoms with E-state index in [1.54, 1.807) is 6.07 Å². The van der Waals surface area contributed by atoms with E-state index in [-0.39, 0.29) is 18.1 Å². The number of carbonyl (C=O) groups is 1. The number of nitrogens with one attached hydrogen (secondary N) is 1. The van der Waals surface area contributed by atoms with Crippen LogP contribution in [0.15, 0.2) is 22.5 Å². The van der Waals surface area contributed by atoms with Crippen LogP contribution in [0.5, 0.6) is 0 Å². The molecule has 0 aromatic carbocycles. The van der Waals surface area contributed by atoms with E-state index in [0.29, 0.717) is 16.8 Å². The lowest BCUT2D eigenvalue weighted by Gasteiger charge is -2.17. The molecule has 0 radical (unpaired) electrons. The predicted molar refractivity (Wildman–Crippen MR) is 79.7 cm³/mol. The molecule has 0 aliphatic carbocycles. The Morgan fingerprint density at radius 1 is 1.32 bits per heavy atom. The van der Waals surface area contributed by atoms with Gasteiger partial charge in [-0.3, -0.25) is 10.1 Å². The maximum Gasteiger partial charge on any atom is 0.292 e. The van der Waals surface area contributed by atoms with Crippen LogP contribution in [0.25, 0.3) is 0 Å². The minimum absolute atomic E-state index is 0.0262. The SMILES string of the molecule is CC(C)OC(=N[C@H](C)C(C)C)NC(=O)c1cccs1. The molecule has 1 N–H and O–H groups in total. The Labute approximate surface area is 118 Å². The third kappa shape index (κ3) is 5.42. The first-order valence-electron chi connectivity index (χ1n) is 6.49. The van der Waals surface area contributed by atoms with Gasteiger partial charge in [0.15, 0.2) is 0 Å². The summed E-state index contributed by atoms with van der Waals surface area (Å²) in [5.41, 5.74) is 0. The van der Waals surface area contributed by atoms with Crippen LogP contribution in [0, 0.1) is 5.92 Å². The van der Waals surface area contributed by atoms with E-state index in [9.17, 15) is 4.79 Å². The number of hydrogen-bond acceptors (Lipinski definition) is 4. The molecule has 0 unspecified atom stereocenters. The zero-order chi connectivity index (χ0) is 14.4. The van der Waals surface area contributed by atoms with E-state index in [2.05, 4.69) is 24.2 Å². The van der Waals surface area contributed by atoms with Crippen molar-refractivity contribution in [3.8, 4) is 0 Å². The highest BCUT2D eigenvalue weighted by Crippen LogP contribution is 2.09. The molecule has 1 aromatic heterocycles. The first-order chi connectivity index (χ1) is 8.90. The Balaban J connectivity index is 2.77. The zero-order valence-corrected chi connectivity index (χ0v) is 13.0. The molecule has 4 nitrogen and oxygen atoms in total. The predicted octanol–water partition coefficient (Wildman–Crippen LogP) is 3.30. The second-order valence-electron chi connectivity index (χ2n) is 5.02. The van der Waals surface area contributed by atoms with Crippen LogP contribution in [0.2, 0.25) is 0 Å². The summed E-state index contributed by atoms with van der Waals surface area (Å²) in [4.78, 5) is 17.1. The van der Waals surface area contributed by atoms with Gasteiger partial charge in [-0.05, 0) is 38.1 Å². The first kappa shape index (κ1) is 15.7. The molecule has 0 saturated carbocycles. The van der Waals surface area contributed by atoms with Crippen LogP contribution in [0.4, 0.5) is 0 Å². The van der Waals surface area contributed by atoms with Crippen LogP contribution in [-0.4, -0.2) is 24.1 Å². The Hall–Kier alpha value is -1.36. The van der Waals surface area contributed by atoms with Gasteiger partial charge in [0, 0.05) is 0 Å². The van der Waals surface area contributed by atoms with E-state index >= 15 is 0 Å². The number of ether oxygens (including phenoxy) is 1. The van der Waals surface area contributed by atoms with E-state index in [0.717, 1.165) is 0 Å². The molecule has 0 aliphatic rings. The van der Waals surface area contributed by atoms with Crippen molar-refractivity contribution in [1.82, 2.24) is 5.32 Å². The highest BCUT2D eigenvalue weighted by Gasteiger charge is 2.14. The molecule has 0 fully saturated rings. The quantitative estimate of drug-likeness (QED) is 0.680. The molecule has 5 heteroatoms. The van der Waals surface area contributed by atoms with Gasteiger partial charge in [0.1, 0.15) is 0 Å². The van der Waals surface area contributed by atoms with Crippen molar-refractivity contribution in [2.24, 2.45) is 10.9 Å². The smallest absolute Gasteiger partial charge is 0.292 e. The fourth-order valence-electron chi connectivity index (χ4n) is 1.22. The van der Waals surface area contributed by atoms with E-state index in [4.69, 9.17) is 4.74 Å². The van der Waals surface area contributed by atoms with Crippen molar-refractivity contribution in [3.63, 3.8) is 0 Å². The van der Waals surface area contributed by atoms with Gasteiger partial charge >= 0.3 is 0 Å². The number of amides is 1. The third-order valence-corrected chi connectivity index (χ3v) is 3.47. The molecule has 0 saturated heterocycles. The average molecular weight is 282 g/mol. The van der Waals surface area contributed by atoms with E-state index < -0.39 is 0 Å². The maximum absolute atomic E-state index is 12.0. The second-order valence-corrected chi connectivity index (χ2v) is 5.96. The summed E-state index contributed by atoms with van der Waals surface area (Å²) in [7, 11) is 0. The number of carbonyl (C=O) groups excluding carboxylic acids is 1. The molecule has 0 spiro atoms. The lowest BCUT2D eigenvalue weighted by molar-refractivity contribution is 0.0963. The van der Waals surface area contributed by atoms with Crippen molar-refractivity contribution in [2.75, 3.05) is 0 Å². The number of aliphatic imine (C=N–C) groups is 1. The molecule has 1 amide bonds. The summed E-state index contributed by atoms with van der Waals surface area (Å²) in [6, 6.07) is 4.02. The fraction of sp³-hybridized carbons (Fsp3) is 0.571. The normalized spacial score (nSPS) is 13.7. The largest absolute Gasteiger partial charge is 0.462 e. The monoisotopic (exact) mass is 282 g/mol. The van der Waals surface area contributed by atoms with Crippen LogP contribution >= 0.6 is 11.3 Å². The van der Waals surface area contributed by atoms with Crippen LogP contribution in [-0.2, 0) is 4.74 Å². The molecule has 1 atom stereocenters. The van der Waals surface area contributed by atoms with Gasteiger partial charge < -0.3 is 4.74 Å². The van der Waals surface area contributed by atoms with Gasteiger partial charge in [-0.1, -0.05) is 19.9 Å². The highest BCUT2D eigenvalue weighted by molar-refractivity contribution is 7.12. The lowest BCUT2D eigenvalue weighted by atomic mass is 10.1. The highest BCUT2D eigenvalue weighted by atomic mass is 32.1. The standard InChI is InChI=1S/C14H22N2O2S/c1-9(2)11(5)15-14(18-10(3)4)16-13(17)12-7-6-8-19-12/h6-11H,1-5H3,(H,15,16,17)/t11-/m1/s1. The zero-order valence-electron chi connectivity index (χ0n) is 12.1. The van der Waals surface area contributed by atoms with Crippen molar-refractivity contribution in [2.45, 2.75) is 46.8 Å². The Kier molecular flexibility index (Phi) is 6.02. The Bertz CT molecular complexity index is 425. The summed E-state index contributed by atoms with van der Waals surface area (Å²) in [6.45, 7) is 10.00. The topological polar surface area (TPSA) is 50.7 Å². The number of nitrogens with zero attached hydrogens (tertiary/aromatic N) is 1. The molecule has 19 heavy (non-hydrogen) atoms. The minimum atomic E-state index is -0.176. The van der Waals surface area contributed by atoms with Crippen molar-refractivity contribution in [1.29, 1.82) is 0 Å². The minimum Gasteiger partial charge on any atom is -0.462 e. The molecule has 1 rings (SSSR count). The van der Waals surface area contributed by atoms with Gasteiger partial charge in [-0.2, -0.15) is 0 Å². The number of rotatable bonds is 4. The van der Waals surface area contributed by atoms with Crippen molar-refractivity contribution >= 4 is 23.3 Å². The van der Waals surface area contributed by atoms with Crippen LogP contribution in [0.3, 0.4) is 0 Å². The molecule has 1 heterocycles. The Morgan fingerprint density at radius 2 is 2.00 bits per heavy atom. The van der Waals surface area contributed by atoms with Crippen LogP contribution < -0.4 is 5.32 Å². The van der Waals surface area contributed by atoms with E-state index in [1.165, 1.54) is 11.3 Å². The van der Waals surface area contributed by atoms with Gasteiger partial charge in [0.2, 0.25) is 0 Å². The number of thiophene rings is 1. The van der Waals surface area contributed by atoms with Gasteiger partial charge in [-0.15, -0.1) is 11.3 Å². The van der Waals surface area contributed by atoms with Crippen LogP contribution in [0.1, 0.15) is 44.3 Å². The molecular weight excluding hydrogens is 260 g/mol. The molecule has 0 aliphatic heterocycles. The fourth-order valence-corrected chi connectivity index (χ4v) is 1.83. The summed E-state index contributed by atoms with van der Waals surface area (Å²) < 4.78 is 5.56. The Morgan fingerprint density at radius 3 is 2.47 bits per heavy atom. The maximum atomic E-state index is 12.0. The molecule has 0 bridgehead atoms. The van der Waals surface area contributed by atoms with Gasteiger partial charge in [-0.25, -0.2) is 4.99 Å². The average Bonchev–Trinajstić information content (AvgIpc) is 2.80.